The third-order valence-corrected chi connectivity index (χ3v) is 2.71. The first kappa shape index (κ1) is 12.3. The molecule has 0 amide bonds. The molecule has 0 saturated carbocycles. The Labute approximate surface area is 108 Å². The second-order valence-electron chi connectivity index (χ2n) is 3.73. The molecule has 0 N–H and O–H groups in total. The van der Waals surface area contributed by atoms with Gasteiger partial charge in [0, 0.05) is 11.8 Å². The third-order valence-electron chi connectivity index (χ3n) is 2.42. The van der Waals surface area contributed by atoms with Crippen LogP contribution in [-0.2, 0) is 0 Å². The van der Waals surface area contributed by atoms with Gasteiger partial charge in [0.1, 0.15) is 6.33 Å². The molecule has 0 aliphatic rings. The molecule has 0 saturated heterocycles. The Hall–Kier alpha value is -2.14. The lowest BCUT2D eigenvalue weighted by Gasteiger charge is -2.05. The normalized spacial score (nSPS) is 11.0. The van der Waals surface area contributed by atoms with E-state index in [0.29, 0.717) is 5.69 Å². The SMILES string of the molecule is Cc1ccc(-n2cnc(Cl)c2C=C[N+](=O)[O-])cc1. The van der Waals surface area contributed by atoms with Crippen LogP contribution in [-0.4, -0.2) is 14.5 Å². The van der Waals surface area contributed by atoms with Crippen LogP contribution in [0.4, 0.5) is 0 Å². The maximum absolute atomic E-state index is 10.3. The summed E-state index contributed by atoms with van der Waals surface area (Å²) in [5.41, 5.74) is 2.47. The van der Waals surface area contributed by atoms with Gasteiger partial charge < -0.3 is 0 Å². The summed E-state index contributed by atoms with van der Waals surface area (Å²) in [6.45, 7) is 1.98. The summed E-state index contributed by atoms with van der Waals surface area (Å²) in [5.74, 6) is 0. The Kier molecular flexibility index (Phi) is 3.43. The lowest BCUT2D eigenvalue weighted by Crippen LogP contribution is -1.95. The van der Waals surface area contributed by atoms with Gasteiger partial charge in [-0.05, 0) is 19.1 Å². The molecule has 0 bridgehead atoms. The van der Waals surface area contributed by atoms with Crippen LogP contribution >= 0.6 is 11.6 Å². The average Bonchev–Trinajstić information content (AvgIpc) is 2.69. The Balaban J connectivity index is 2.45. The number of hydrogen-bond donors (Lipinski definition) is 0. The zero-order valence-electron chi connectivity index (χ0n) is 9.58. The number of aryl methyl sites for hydroxylation is 1. The minimum atomic E-state index is -0.539. The topological polar surface area (TPSA) is 61.0 Å². The third kappa shape index (κ3) is 2.57. The van der Waals surface area contributed by atoms with E-state index in [9.17, 15) is 10.1 Å². The second kappa shape index (κ2) is 5.01. The van der Waals surface area contributed by atoms with Crippen molar-refractivity contribution in [2.75, 3.05) is 0 Å². The van der Waals surface area contributed by atoms with Gasteiger partial charge in [-0.15, -0.1) is 0 Å². The number of benzene rings is 1. The van der Waals surface area contributed by atoms with Gasteiger partial charge in [0.2, 0.25) is 6.20 Å². The van der Waals surface area contributed by atoms with E-state index in [1.165, 1.54) is 12.4 Å². The molecule has 1 heterocycles. The molecular formula is C12H10ClN3O2. The summed E-state index contributed by atoms with van der Waals surface area (Å²) in [7, 11) is 0. The number of hydrogen-bond acceptors (Lipinski definition) is 3. The fourth-order valence-electron chi connectivity index (χ4n) is 1.53. The zero-order valence-corrected chi connectivity index (χ0v) is 10.3. The van der Waals surface area contributed by atoms with Crippen molar-refractivity contribution in [1.29, 1.82) is 0 Å². The second-order valence-corrected chi connectivity index (χ2v) is 4.09. The van der Waals surface area contributed by atoms with Crippen molar-refractivity contribution in [3.05, 3.63) is 63.3 Å². The molecule has 92 valence electrons. The first-order valence-corrected chi connectivity index (χ1v) is 5.57. The smallest absolute Gasteiger partial charge is 0.236 e. The lowest BCUT2D eigenvalue weighted by molar-refractivity contribution is -0.401. The number of aromatic nitrogens is 2. The first-order chi connectivity index (χ1) is 8.58. The van der Waals surface area contributed by atoms with Gasteiger partial charge >= 0.3 is 0 Å². The minimum Gasteiger partial charge on any atom is -0.298 e. The Bertz CT molecular complexity index is 602. The van der Waals surface area contributed by atoms with E-state index in [2.05, 4.69) is 4.98 Å². The summed E-state index contributed by atoms with van der Waals surface area (Å²) in [6.07, 6.45) is 3.70. The van der Waals surface area contributed by atoms with Gasteiger partial charge in [-0.1, -0.05) is 29.3 Å². The number of nitro groups is 1. The molecule has 0 unspecified atom stereocenters. The average molecular weight is 264 g/mol. The van der Waals surface area contributed by atoms with E-state index in [4.69, 9.17) is 11.6 Å². The fourth-order valence-corrected chi connectivity index (χ4v) is 1.73. The van der Waals surface area contributed by atoms with Crippen LogP contribution in [0.3, 0.4) is 0 Å². The number of nitrogens with zero attached hydrogens (tertiary/aromatic N) is 3. The molecule has 0 spiro atoms. The van der Waals surface area contributed by atoms with Crippen molar-refractivity contribution in [3.8, 4) is 5.69 Å². The number of imidazole rings is 1. The molecule has 18 heavy (non-hydrogen) atoms. The molecule has 6 heteroatoms. The number of halogens is 1. The molecule has 0 aliphatic carbocycles. The first-order valence-electron chi connectivity index (χ1n) is 5.19. The van der Waals surface area contributed by atoms with Crippen molar-refractivity contribution >= 4 is 17.7 Å². The predicted molar refractivity (Wildman–Crippen MR) is 69.3 cm³/mol. The van der Waals surface area contributed by atoms with E-state index in [1.807, 2.05) is 31.2 Å². The van der Waals surface area contributed by atoms with Crippen molar-refractivity contribution < 1.29 is 4.92 Å². The highest BCUT2D eigenvalue weighted by molar-refractivity contribution is 6.30. The standard InChI is InChI=1S/C12H10ClN3O2/c1-9-2-4-10(5-3-9)15-8-14-12(13)11(15)6-7-16(17)18/h2-8H,1H3. The fraction of sp³-hybridized carbons (Fsp3) is 0.0833. The highest BCUT2D eigenvalue weighted by Crippen LogP contribution is 2.20. The summed E-state index contributed by atoms with van der Waals surface area (Å²) >= 11 is 5.90. The van der Waals surface area contributed by atoms with Gasteiger partial charge in [0.15, 0.2) is 5.15 Å². The molecule has 0 atom stereocenters. The Morgan fingerprint density at radius 1 is 1.39 bits per heavy atom. The van der Waals surface area contributed by atoms with Crippen molar-refractivity contribution in [3.63, 3.8) is 0 Å². The summed E-state index contributed by atoms with van der Waals surface area (Å²) < 4.78 is 1.70. The molecule has 0 aliphatic heterocycles. The molecule has 2 aromatic rings. The zero-order chi connectivity index (χ0) is 13.1. The van der Waals surface area contributed by atoms with Crippen LogP contribution in [0.25, 0.3) is 11.8 Å². The molecule has 5 nitrogen and oxygen atoms in total. The van der Waals surface area contributed by atoms with Crippen LogP contribution in [0.1, 0.15) is 11.3 Å². The summed E-state index contributed by atoms with van der Waals surface area (Å²) in [6, 6.07) is 7.70. The van der Waals surface area contributed by atoms with Crippen LogP contribution in [0.15, 0.2) is 36.8 Å². The van der Waals surface area contributed by atoms with E-state index >= 15 is 0 Å². The van der Waals surface area contributed by atoms with Crippen molar-refractivity contribution in [2.45, 2.75) is 6.92 Å². The largest absolute Gasteiger partial charge is 0.298 e. The maximum Gasteiger partial charge on any atom is 0.236 e. The minimum absolute atomic E-state index is 0.230. The van der Waals surface area contributed by atoms with Gasteiger partial charge in [0.05, 0.1) is 10.6 Å². The highest BCUT2D eigenvalue weighted by Gasteiger charge is 2.08. The van der Waals surface area contributed by atoms with Gasteiger partial charge in [-0.25, -0.2) is 4.98 Å². The molecule has 1 aromatic carbocycles. The summed E-state index contributed by atoms with van der Waals surface area (Å²) in [4.78, 5) is 13.8. The van der Waals surface area contributed by atoms with Crippen LogP contribution in [0.5, 0.6) is 0 Å². The van der Waals surface area contributed by atoms with Gasteiger partial charge in [-0.2, -0.15) is 0 Å². The van der Waals surface area contributed by atoms with Gasteiger partial charge in [-0.3, -0.25) is 14.7 Å². The predicted octanol–water partition coefficient (Wildman–Crippen LogP) is 3.08. The molecule has 1 aromatic heterocycles. The Morgan fingerprint density at radius 2 is 2.06 bits per heavy atom. The maximum atomic E-state index is 10.3. The Morgan fingerprint density at radius 3 is 2.67 bits per heavy atom. The number of rotatable bonds is 3. The highest BCUT2D eigenvalue weighted by atomic mass is 35.5. The van der Waals surface area contributed by atoms with Crippen LogP contribution in [0, 0.1) is 17.0 Å². The van der Waals surface area contributed by atoms with Crippen LogP contribution < -0.4 is 0 Å². The summed E-state index contributed by atoms with van der Waals surface area (Å²) in [5, 5.41) is 10.6. The monoisotopic (exact) mass is 263 g/mol. The molecular weight excluding hydrogens is 254 g/mol. The van der Waals surface area contributed by atoms with Crippen LogP contribution in [0.2, 0.25) is 5.15 Å². The van der Waals surface area contributed by atoms with E-state index in [1.54, 1.807) is 4.57 Å². The van der Waals surface area contributed by atoms with E-state index < -0.39 is 4.92 Å². The van der Waals surface area contributed by atoms with E-state index in [-0.39, 0.29) is 5.15 Å². The van der Waals surface area contributed by atoms with Crippen molar-refractivity contribution in [2.24, 2.45) is 0 Å². The van der Waals surface area contributed by atoms with E-state index in [0.717, 1.165) is 17.5 Å². The quantitative estimate of drug-likeness (QED) is 0.631. The van der Waals surface area contributed by atoms with Crippen molar-refractivity contribution in [1.82, 2.24) is 9.55 Å². The molecule has 2 rings (SSSR count). The van der Waals surface area contributed by atoms with Gasteiger partial charge in [0.25, 0.3) is 0 Å². The molecule has 0 fully saturated rings. The molecule has 0 radical (unpaired) electrons. The lowest BCUT2D eigenvalue weighted by atomic mass is 10.2.